The minimum absolute atomic E-state index is 0.00893. The molecule has 0 fully saturated rings. The number of hydrogen-bond acceptors (Lipinski definition) is 8. The van der Waals surface area contributed by atoms with Crippen LogP contribution in [0.25, 0.3) is 11.0 Å². The molecule has 0 bridgehead atoms. The number of nitrogens with zero attached hydrogens (tertiary/aromatic N) is 1. The lowest BCUT2D eigenvalue weighted by atomic mass is 10.1. The van der Waals surface area contributed by atoms with Crippen LogP contribution in [0.5, 0.6) is 5.75 Å². The van der Waals surface area contributed by atoms with E-state index >= 15 is 0 Å². The smallest absolute Gasteiger partial charge is 0.336 e. The SMILES string of the molecule is Cc1cc(NS(=O)(=O)c2ccc(NC(=O)COc3ccc4c(C)cc(=O)oc4c3)cc2)no1. The molecule has 10 nitrogen and oxygen atoms in total. The number of carbonyl (C=O) groups is 1. The lowest BCUT2D eigenvalue weighted by Crippen LogP contribution is -2.20. The van der Waals surface area contributed by atoms with Crippen molar-refractivity contribution in [3.63, 3.8) is 0 Å². The highest BCUT2D eigenvalue weighted by Crippen LogP contribution is 2.22. The molecule has 11 heteroatoms. The number of benzene rings is 2. The maximum absolute atomic E-state index is 12.4. The first-order valence-corrected chi connectivity index (χ1v) is 11.2. The number of hydrogen-bond donors (Lipinski definition) is 2. The Kier molecular flexibility index (Phi) is 5.88. The molecule has 0 spiro atoms. The van der Waals surface area contributed by atoms with E-state index in [1.165, 1.54) is 36.4 Å². The number of anilines is 2. The van der Waals surface area contributed by atoms with E-state index < -0.39 is 21.6 Å². The number of fused-ring (bicyclic) bond motifs is 1. The van der Waals surface area contributed by atoms with Gasteiger partial charge in [-0.25, -0.2) is 13.2 Å². The third kappa shape index (κ3) is 5.21. The van der Waals surface area contributed by atoms with Crippen molar-refractivity contribution in [2.45, 2.75) is 18.7 Å². The molecule has 170 valence electrons. The summed E-state index contributed by atoms with van der Waals surface area (Å²) in [4.78, 5) is 23.8. The maximum atomic E-state index is 12.4. The zero-order valence-corrected chi connectivity index (χ0v) is 18.4. The normalized spacial score (nSPS) is 11.3. The second kappa shape index (κ2) is 8.79. The van der Waals surface area contributed by atoms with E-state index in [0.29, 0.717) is 22.8 Å². The highest BCUT2D eigenvalue weighted by molar-refractivity contribution is 7.92. The molecule has 0 unspecified atom stereocenters. The fourth-order valence-electron chi connectivity index (χ4n) is 3.07. The second-order valence-electron chi connectivity index (χ2n) is 7.20. The van der Waals surface area contributed by atoms with Crippen LogP contribution in [0.1, 0.15) is 11.3 Å². The Morgan fingerprint density at radius 2 is 1.82 bits per heavy atom. The van der Waals surface area contributed by atoms with Crippen LogP contribution in [0.2, 0.25) is 0 Å². The summed E-state index contributed by atoms with van der Waals surface area (Å²) >= 11 is 0. The molecule has 33 heavy (non-hydrogen) atoms. The van der Waals surface area contributed by atoms with E-state index in [-0.39, 0.29) is 17.3 Å². The molecule has 2 aromatic heterocycles. The molecule has 0 saturated carbocycles. The highest BCUT2D eigenvalue weighted by Gasteiger charge is 2.16. The van der Waals surface area contributed by atoms with Gasteiger partial charge in [-0.3, -0.25) is 9.52 Å². The number of amides is 1. The fourth-order valence-corrected chi connectivity index (χ4v) is 4.05. The van der Waals surface area contributed by atoms with E-state index in [0.717, 1.165) is 10.9 Å². The van der Waals surface area contributed by atoms with Crippen LogP contribution in [0.15, 0.2) is 73.2 Å². The second-order valence-corrected chi connectivity index (χ2v) is 8.88. The standard InChI is InChI=1S/C22H19N3O7S/c1-13-9-22(27)31-19-11-16(5-8-18(13)19)30-12-21(26)23-15-3-6-17(7-4-15)33(28,29)25-20-10-14(2)32-24-20/h3-11H,12H2,1-2H3,(H,23,26)(H,24,25). The molecule has 2 heterocycles. The van der Waals surface area contributed by atoms with E-state index in [4.69, 9.17) is 13.7 Å². The average molecular weight is 469 g/mol. The molecule has 0 aliphatic heterocycles. The van der Waals surface area contributed by atoms with Gasteiger partial charge in [0.2, 0.25) is 0 Å². The average Bonchev–Trinajstić information content (AvgIpc) is 3.16. The molecule has 2 aromatic carbocycles. The van der Waals surface area contributed by atoms with Gasteiger partial charge in [-0.05, 0) is 55.8 Å². The lowest BCUT2D eigenvalue weighted by molar-refractivity contribution is -0.118. The van der Waals surface area contributed by atoms with Crippen LogP contribution in [0.3, 0.4) is 0 Å². The molecule has 2 N–H and O–H groups in total. The first kappa shape index (κ1) is 22.1. The summed E-state index contributed by atoms with van der Waals surface area (Å²) in [5.41, 5.74) is 1.07. The zero-order chi connectivity index (χ0) is 23.6. The largest absolute Gasteiger partial charge is 0.484 e. The van der Waals surface area contributed by atoms with Crippen molar-refractivity contribution in [2.75, 3.05) is 16.6 Å². The van der Waals surface area contributed by atoms with E-state index in [2.05, 4.69) is 15.2 Å². The quantitative estimate of drug-likeness (QED) is 0.393. The molecular weight excluding hydrogens is 450 g/mol. The third-order valence-electron chi connectivity index (χ3n) is 4.61. The fraction of sp³-hybridized carbons (Fsp3) is 0.136. The van der Waals surface area contributed by atoms with Crippen LogP contribution in [-0.2, 0) is 14.8 Å². The minimum Gasteiger partial charge on any atom is -0.484 e. The summed E-state index contributed by atoms with van der Waals surface area (Å²) in [5.74, 6) is 0.455. The van der Waals surface area contributed by atoms with Crippen LogP contribution in [0, 0.1) is 13.8 Å². The van der Waals surface area contributed by atoms with Gasteiger partial charge in [-0.1, -0.05) is 5.16 Å². The number of carbonyl (C=O) groups excluding carboxylic acids is 1. The van der Waals surface area contributed by atoms with Gasteiger partial charge in [0.05, 0.1) is 4.90 Å². The van der Waals surface area contributed by atoms with Crippen molar-refractivity contribution in [3.05, 3.63) is 76.3 Å². The van der Waals surface area contributed by atoms with Crippen molar-refractivity contribution in [2.24, 2.45) is 0 Å². The van der Waals surface area contributed by atoms with Crippen LogP contribution < -0.4 is 20.4 Å². The van der Waals surface area contributed by atoms with Gasteiger partial charge >= 0.3 is 5.63 Å². The van der Waals surface area contributed by atoms with Gasteiger partial charge in [0.25, 0.3) is 15.9 Å². The first-order chi connectivity index (χ1) is 15.7. The van der Waals surface area contributed by atoms with Gasteiger partial charge in [0.1, 0.15) is 17.1 Å². The molecule has 0 atom stereocenters. The van der Waals surface area contributed by atoms with Gasteiger partial charge in [-0.2, -0.15) is 0 Å². The van der Waals surface area contributed by atoms with Gasteiger partial charge in [-0.15, -0.1) is 0 Å². The summed E-state index contributed by atoms with van der Waals surface area (Å²) in [5, 5.41) is 6.99. The number of aromatic nitrogens is 1. The van der Waals surface area contributed by atoms with Gasteiger partial charge in [0.15, 0.2) is 12.4 Å². The predicted octanol–water partition coefficient (Wildman–Crippen LogP) is 3.22. The molecular formula is C22H19N3O7S. The Labute approximate surface area is 188 Å². The van der Waals surface area contributed by atoms with Crippen LogP contribution in [0.4, 0.5) is 11.5 Å². The number of ether oxygens (including phenoxy) is 1. The van der Waals surface area contributed by atoms with Crippen molar-refractivity contribution in [1.29, 1.82) is 0 Å². The van der Waals surface area contributed by atoms with Gasteiger partial charge < -0.3 is 19.0 Å². The van der Waals surface area contributed by atoms with Crippen molar-refractivity contribution in [3.8, 4) is 5.75 Å². The summed E-state index contributed by atoms with van der Waals surface area (Å²) in [7, 11) is -3.86. The Morgan fingerprint density at radius 1 is 1.06 bits per heavy atom. The molecule has 0 radical (unpaired) electrons. The Morgan fingerprint density at radius 3 is 2.52 bits per heavy atom. The summed E-state index contributed by atoms with van der Waals surface area (Å²) in [6, 6.07) is 13.4. The zero-order valence-electron chi connectivity index (χ0n) is 17.6. The highest BCUT2D eigenvalue weighted by atomic mass is 32.2. The lowest BCUT2D eigenvalue weighted by Gasteiger charge is -2.09. The summed E-state index contributed by atoms with van der Waals surface area (Å²) in [6.07, 6.45) is 0. The Balaban J connectivity index is 1.37. The molecule has 0 saturated heterocycles. The molecule has 4 rings (SSSR count). The Hall–Kier alpha value is -4.12. The number of aryl methyl sites for hydroxylation is 2. The maximum Gasteiger partial charge on any atom is 0.336 e. The summed E-state index contributed by atoms with van der Waals surface area (Å²) in [6.45, 7) is 3.15. The number of nitrogens with one attached hydrogen (secondary N) is 2. The monoisotopic (exact) mass is 469 g/mol. The summed E-state index contributed by atoms with van der Waals surface area (Å²) < 4.78 is 42.6. The predicted molar refractivity (Wildman–Crippen MR) is 120 cm³/mol. The van der Waals surface area contributed by atoms with Crippen LogP contribution in [-0.4, -0.2) is 26.1 Å². The molecule has 1 amide bonds. The van der Waals surface area contributed by atoms with Gasteiger partial charge in [0, 0.05) is 29.3 Å². The Bertz CT molecular complexity index is 1490. The number of sulfonamides is 1. The molecule has 0 aliphatic carbocycles. The molecule has 0 aliphatic rings. The van der Waals surface area contributed by atoms with E-state index in [1.807, 2.05) is 0 Å². The molecule has 4 aromatic rings. The van der Waals surface area contributed by atoms with Crippen molar-refractivity contribution >= 4 is 38.4 Å². The third-order valence-corrected chi connectivity index (χ3v) is 5.98. The number of rotatable bonds is 7. The van der Waals surface area contributed by atoms with E-state index in [1.54, 1.807) is 32.0 Å². The van der Waals surface area contributed by atoms with Crippen molar-refractivity contribution < 1.29 is 26.9 Å². The first-order valence-electron chi connectivity index (χ1n) is 9.73. The minimum atomic E-state index is -3.86. The van der Waals surface area contributed by atoms with E-state index in [9.17, 15) is 18.0 Å². The van der Waals surface area contributed by atoms with Crippen LogP contribution >= 0.6 is 0 Å². The topological polar surface area (TPSA) is 141 Å². The van der Waals surface area contributed by atoms with Crippen molar-refractivity contribution in [1.82, 2.24) is 5.16 Å².